The molecule has 0 bridgehead atoms. The maximum atomic E-state index is 12.8. The summed E-state index contributed by atoms with van der Waals surface area (Å²) in [6, 6.07) is 16.8. The molecule has 1 unspecified atom stereocenters. The topological polar surface area (TPSA) is 123 Å². The van der Waals surface area contributed by atoms with Crippen molar-refractivity contribution in [3.8, 4) is 11.1 Å². The van der Waals surface area contributed by atoms with E-state index in [0.29, 0.717) is 26.2 Å². The van der Waals surface area contributed by atoms with Crippen molar-refractivity contribution in [1.82, 2.24) is 9.80 Å². The number of amides is 1. The van der Waals surface area contributed by atoms with E-state index in [1.165, 1.54) is 22.3 Å². The number of likely N-dealkylation sites (tertiary alicyclic amines) is 1. The Morgan fingerprint density at radius 2 is 1.48 bits per heavy atom. The minimum absolute atomic E-state index is 0.0552. The summed E-state index contributed by atoms with van der Waals surface area (Å²) in [5.74, 6) is -0.195. The van der Waals surface area contributed by atoms with E-state index < -0.39 is 5.60 Å². The van der Waals surface area contributed by atoms with E-state index in [-0.39, 0.29) is 42.6 Å². The van der Waals surface area contributed by atoms with Gasteiger partial charge in [-0.25, -0.2) is 4.79 Å². The van der Waals surface area contributed by atoms with Gasteiger partial charge in [0, 0.05) is 25.0 Å². The van der Waals surface area contributed by atoms with Crippen LogP contribution in [0.5, 0.6) is 0 Å². The van der Waals surface area contributed by atoms with Crippen molar-refractivity contribution < 1.29 is 38.5 Å². The summed E-state index contributed by atoms with van der Waals surface area (Å²) in [5.41, 5.74) is 4.03. The van der Waals surface area contributed by atoms with Gasteiger partial charge in [0.1, 0.15) is 17.8 Å². The van der Waals surface area contributed by atoms with Crippen LogP contribution in [0.1, 0.15) is 65.0 Å². The number of likely N-dealkylation sites (N-methyl/N-ethyl adjacent to an activating group) is 1. The number of fused-ring (bicyclic) bond motifs is 3. The summed E-state index contributed by atoms with van der Waals surface area (Å²) in [4.78, 5) is 46.6. The second kappa shape index (κ2) is 15.3. The minimum atomic E-state index is -0.499. The largest absolute Gasteiger partial charge is 0.483 e. The molecule has 2 aromatic rings. The molecule has 1 N–H and O–H groups in total. The van der Waals surface area contributed by atoms with Crippen LogP contribution >= 0.6 is 0 Å². The first kappa shape index (κ1) is 34.3. The molecule has 1 saturated heterocycles. The molecule has 42 heavy (non-hydrogen) atoms. The zero-order valence-corrected chi connectivity index (χ0v) is 25.7. The SMILES string of the molecule is CC(C)(C)OC=O.CN(CC(=O)OC(C)(C)C)C1CCN(C(=O)OCC2c3ccccc3-c3ccccc32)C1.O=CO. The molecule has 0 spiro atoms. The summed E-state index contributed by atoms with van der Waals surface area (Å²) in [6.45, 7) is 13.0. The predicted molar refractivity (Wildman–Crippen MR) is 159 cm³/mol. The molecule has 230 valence electrons. The van der Waals surface area contributed by atoms with Crippen LogP contribution in [0, 0.1) is 0 Å². The van der Waals surface area contributed by atoms with Crippen molar-refractivity contribution in [3.63, 3.8) is 0 Å². The average Bonchev–Trinajstić information content (AvgIpc) is 3.50. The molecule has 2 aromatic carbocycles. The molecule has 4 rings (SSSR count). The van der Waals surface area contributed by atoms with Crippen molar-refractivity contribution in [2.45, 2.75) is 71.1 Å². The molecule has 2 aliphatic rings. The number of carbonyl (C=O) groups is 4. The van der Waals surface area contributed by atoms with Gasteiger partial charge in [-0.2, -0.15) is 0 Å². The standard InChI is InChI=1S/C26H32N2O4.C5H10O2.CH2O2/c1-26(2,3)32-24(29)16-27(4)18-13-14-28(15-18)25(30)31-17-23-21-11-7-5-9-19(21)20-10-6-8-12-22(20)23;1-5(2,3)7-4-6;2-1-3/h5-12,18,23H,13-17H2,1-4H3;4H,1-3H3;1H,(H,2,3). The monoisotopic (exact) mass is 584 g/mol. The van der Waals surface area contributed by atoms with E-state index in [4.69, 9.17) is 19.4 Å². The molecule has 1 heterocycles. The third-order valence-corrected chi connectivity index (χ3v) is 6.58. The van der Waals surface area contributed by atoms with Crippen LogP contribution < -0.4 is 0 Å². The van der Waals surface area contributed by atoms with Crippen LogP contribution in [0.4, 0.5) is 4.79 Å². The molecule has 1 fully saturated rings. The van der Waals surface area contributed by atoms with Crippen molar-refractivity contribution in [3.05, 3.63) is 59.7 Å². The van der Waals surface area contributed by atoms with Gasteiger partial charge in [0.25, 0.3) is 12.9 Å². The van der Waals surface area contributed by atoms with Gasteiger partial charge in [0.2, 0.25) is 0 Å². The Labute approximate surface area is 248 Å². The Hall–Kier alpha value is -3.92. The van der Waals surface area contributed by atoms with E-state index >= 15 is 0 Å². The molecule has 1 amide bonds. The maximum absolute atomic E-state index is 12.8. The van der Waals surface area contributed by atoms with Gasteiger partial charge in [0.05, 0.1) is 6.54 Å². The highest BCUT2D eigenvalue weighted by atomic mass is 16.6. The number of hydrogen-bond donors (Lipinski definition) is 1. The third-order valence-electron chi connectivity index (χ3n) is 6.58. The first-order chi connectivity index (χ1) is 19.7. The Balaban J connectivity index is 0.000000534. The Bertz CT molecular complexity index is 1160. The third kappa shape index (κ3) is 10.5. The lowest BCUT2D eigenvalue weighted by molar-refractivity contribution is -0.156. The van der Waals surface area contributed by atoms with Crippen LogP contribution in [-0.2, 0) is 28.6 Å². The fourth-order valence-electron chi connectivity index (χ4n) is 4.80. The summed E-state index contributed by atoms with van der Waals surface area (Å²) >= 11 is 0. The quantitative estimate of drug-likeness (QED) is 0.286. The highest BCUT2D eigenvalue weighted by Crippen LogP contribution is 2.44. The zero-order chi connectivity index (χ0) is 31.5. The van der Waals surface area contributed by atoms with E-state index in [2.05, 4.69) is 29.0 Å². The molecule has 0 radical (unpaired) electrons. The molecule has 1 aliphatic carbocycles. The average molecular weight is 585 g/mol. The number of carbonyl (C=O) groups excluding carboxylic acids is 3. The van der Waals surface area contributed by atoms with Crippen LogP contribution in [0.2, 0.25) is 0 Å². The molecule has 1 atom stereocenters. The molecule has 1 aliphatic heterocycles. The van der Waals surface area contributed by atoms with Gasteiger partial charge in [-0.1, -0.05) is 48.5 Å². The van der Waals surface area contributed by atoms with Crippen LogP contribution in [-0.4, -0.2) is 90.4 Å². The van der Waals surface area contributed by atoms with Gasteiger partial charge in [-0.15, -0.1) is 0 Å². The number of esters is 1. The fraction of sp³-hybridized carbons (Fsp3) is 0.500. The lowest BCUT2D eigenvalue weighted by Crippen LogP contribution is -2.41. The highest BCUT2D eigenvalue weighted by molar-refractivity contribution is 5.79. The Morgan fingerprint density at radius 3 is 1.93 bits per heavy atom. The Morgan fingerprint density at radius 1 is 0.952 bits per heavy atom. The number of rotatable bonds is 6. The van der Waals surface area contributed by atoms with Gasteiger partial charge >= 0.3 is 12.1 Å². The fourth-order valence-corrected chi connectivity index (χ4v) is 4.80. The van der Waals surface area contributed by atoms with Crippen molar-refractivity contribution in [1.29, 1.82) is 0 Å². The summed E-state index contributed by atoms with van der Waals surface area (Å²) in [7, 11) is 1.90. The van der Waals surface area contributed by atoms with Gasteiger partial charge in [-0.05, 0) is 77.3 Å². The van der Waals surface area contributed by atoms with Crippen LogP contribution in [0.3, 0.4) is 0 Å². The second-order valence-corrected chi connectivity index (χ2v) is 12.1. The highest BCUT2D eigenvalue weighted by Gasteiger charge is 2.33. The predicted octanol–water partition coefficient (Wildman–Crippen LogP) is 4.94. The molecule has 0 saturated carbocycles. The lowest BCUT2D eigenvalue weighted by atomic mass is 9.98. The van der Waals surface area contributed by atoms with Crippen molar-refractivity contribution in [2.75, 3.05) is 33.3 Å². The van der Waals surface area contributed by atoms with Crippen molar-refractivity contribution >= 4 is 25.0 Å². The number of benzene rings is 2. The van der Waals surface area contributed by atoms with Gasteiger partial charge < -0.3 is 24.2 Å². The smallest absolute Gasteiger partial charge is 0.409 e. The van der Waals surface area contributed by atoms with Gasteiger partial charge in [-0.3, -0.25) is 19.3 Å². The molecule has 0 aromatic heterocycles. The summed E-state index contributed by atoms with van der Waals surface area (Å²) < 4.78 is 15.7. The normalized spacial score (nSPS) is 15.7. The van der Waals surface area contributed by atoms with Crippen molar-refractivity contribution in [2.24, 2.45) is 0 Å². The number of carboxylic acid groups (broad SMARTS) is 1. The first-order valence-electron chi connectivity index (χ1n) is 13.9. The van der Waals surface area contributed by atoms with E-state index in [1.54, 1.807) is 4.90 Å². The van der Waals surface area contributed by atoms with E-state index in [0.717, 1.165) is 6.42 Å². The maximum Gasteiger partial charge on any atom is 0.409 e. The zero-order valence-electron chi connectivity index (χ0n) is 25.7. The second-order valence-electron chi connectivity index (χ2n) is 12.1. The molecular weight excluding hydrogens is 540 g/mol. The molecular formula is C32H44N2O8. The number of hydrogen-bond acceptors (Lipinski definition) is 8. The number of ether oxygens (including phenoxy) is 3. The number of nitrogens with zero attached hydrogens (tertiary/aromatic N) is 2. The van der Waals surface area contributed by atoms with Crippen LogP contribution in [0.25, 0.3) is 11.1 Å². The summed E-state index contributed by atoms with van der Waals surface area (Å²) in [5, 5.41) is 6.89. The first-order valence-corrected chi connectivity index (χ1v) is 13.9. The molecule has 10 nitrogen and oxygen atoms in total. The minimum Gasteiger partial charge on any atom is -0.483 e. The Kier molecular flexibility index (Phi) is 12.5. The molecule has 10 heteroatoms. The van der Waals surface area contributed by atoms with E-state index in [1.807, 2.05) is 77.8 Å². The van der Waals surface area contributed by atoms with Crippen LogP contribution in [0.15, 0.2) is 48.5 Å². The lowest BCUT2D eigenvalue weighted by Gasteiger charge is -2.26. The van der Waals surface area contributed by atoms with Gasteiger partial charge in [0.15, 0.2) is 0 Å². The summed E-state index contributed by atoms with van der Waals surface area (Å²) in [6.07, 6.45) is 0.517. The van der Waals surface area contributed by atoms with E-state index in [9.17, 15) is 14.4 Å².